The number of hydrogen-bond donors (Lipinski definition) is 1. The van der Waals surface area contributed by atoms with Gasteiger partial charge in [0.1, 0.15) is 4.83 Å². The molecule has 7 heteroatoms. The van der Waals surface area contributed by atoms with Crippen LogP contribution >= 0.6 is 23.1 Å². The highest BCUT2D eigenvalue weighted by atomic mass is 32.2. The summed E-state index contributed by atoms with van der Waals surface area (Å²) in [5.74, 6) is 0.0375. The van der Waals surface area contributed by atoms with Crippen LogP contribution in [0.4, 0.5) is 0 Å². The second-order valence-corrected chi connectivity index (χ2v) is 8.33. The van der Waals surface area contributed by atoms with Crippen LogP contribution in [-0.2, 0) is 11.3 Å². The molecule has 0 saturated carbocycles. The molecule has 1 atom stereocenters. The van der Waals surface area contributed by atoms with Gasteiger partial charge in [-0.25, -0.2) is 4.98 Å². The van der Waals surface area contributed by atoms with Crippen molar-refractivity contribution in [1.82, 2.24) is 14.9 Å². The molecule has 128 valence electrons. The van der Waals surface area contributed by atoms with Gasteiger partial charge in [0.05, 0.1) is 10.6 Å². The summed E-state index contributed by atoms with van der Waals surface area (Å²) in [6.07, 6.45) is 4.50. The van der Waals surface area contributed by atoms with Crippen molar-refractivity contribution in [2.24, 2.45) is 0 Å². The molecule has 1 aliphatic rings. The number of aromatic nitrogens is 2. The van der Waals surface area contributed by atoms with E-state index in [1.807, 2.05) is 13.8 Å². The van der Waals surface area contributed by atoms with E-state index in [2.05, 4.69) is 11.9 Å². The van der Waals surface area contributed by atoms with Gasteiger partial charge in [-0.1, -0.05) is 24.3 Å². The summed E-state index contributed by atoms with van der Waals surface area (Å²) in [5, 5.41) is 4.04. The van der Waals surface area contributed by atoms with Crippen molar-refractivity contribution in [3.05, 3.63) is 33.4 Å². The zero-order valence-corrected chi connectivity index (χ0v) is 15.6. The molecule has 2 aromatic rings. The van der Waals surface area contributed by atoms with Crippen LogP contribution < -0.4 is 10.9 Å². The first kappa shape index (κ1) is 17.2. The molecule has 3 heterocycles. The fourth-order valence-corrected chi connectivity index (χ4v) is 5.08. The summed E-state index contributed by atoms with van der Waals surface area (Å²) in [6, 6.07) is 0. The normalized spacial score (nSPS) is 18.4. The van der Waals surface area contributed by atoms with E-state index in [-0.39, 0.29) is 16.7 Å². The van der Waals surface area contributed by atoms with E-state index in [1.54, 1.807) is 10.6 Å². The van der Waals surface area contributed by atoms with E-state index in [9.17, 15) is 9.59 Å². The number of nitrogens with zero attached hydrogens (tertiary/aromatic N) is 2. The first-order chi connectivity index (χ1) is 11.5. The number of thiophene rings is 1. The molecule has 0 spiro atoms. The number of fused-ring (bicyclic) bond motifs is 1. The Morgan fingerprint density at radius 3 is 2.96 bits per heavy atom. The van der Waals surface area contributed by atoms with Gasteiger partial charge in [-0.05, 0) is 32.3 Å². The van der Waals surface area contributed by atoms with E-state index in [1.165, 1.54) is 23.1 Å². The molecular formula is C17H21N3O2S2. The number of aryl methyl sites for hydroxylation is 2. The summed E-state index contributed by atoms with van der Waals surface area (Å²) in [5.41, 5.74) is 0.951. The van der Waals surface area contributed by atoms with Gasteiger partial charge < -0.3 is 5.32 Å². The minimum Gasteiger partial charge on any atom is -0.355 e. The van der Waals surface area contributed by atoms with Gasteiger partial charge in [-0.3, -0.25) is 14.2 Å². The van der Waals surface area contributed by atoms with Crippen LogP contribution in [-0.4, -0.2) is 27.3 Å². The number of carbonyl (C=O) groups excluding carboxylic acids is 1. The van der Waals surface area contributed by atoms with Gasteiger partial charge >= 0.3 is 0 Å². The predicted molar refractivity (Wildman–Crippen MR) is 100 cm³/mol. The number of carbonyl (C=O) groups is 1. The topological polar surface area (TPSA) is 64.0 Å². The Hall–Kier alpha value is -1.60. The van der Waals surface area contributed by atoms with Crippen LogP contribution in [0.25, 0.3) is 10.2 Å². The van der Waals surface area contributed by atoms with Crippen LogP contribution in [0.2, 0.25) is 0 Å². The number of hydrogen-bond acceptors (Lipinski definition) is 5. The van der Waals surface area contributed by atoms with Crippen molar-refractivity contribution >= 4 is 39.2 Å². The van der Waals surface area contributed by atoms with E-state index >= 15 is 0 Å². The Bertz CT molecular complexity index is 854. The van der Waals surface area contributed by atoms with E-state index in [4.69, 9.17) is 4.98 Å². The Morgan fingerprint density at radius 1 is 1.42 bits per heavy atom. The number of amides is 1. The van der Waals surface area contributed by atoms with Crippen LogP contribution in [0, 0.1) is 13.8 Å². The third kappa shape index (κ3) is 3.15. The lowest BCUT2D eigenvalue weighted by atomic mass is 10.2. The summed E-state index contributed by atoms with van der Waals surface area (Å²) in [6.45, 7) is 8.84. The maximum absolute atomic E-state index is 12.9. The average molecular weight is 364 g/mol. The van der Waals surface area contributed by atoms with Gasteiger partial charge in [0, 0.05) is 18.0 Å². The zero-order valence-electron chi connectivity index (χ0n) is 13.9. The van der Waals surface area contributed by atoms with Gasteiger partial charge in [0.2, 0.25) is 5.91 Å². The lowest BCUT2D eigenvalue weighted by molar-refractivity contribution is -0.120. The van der Waals surface area contributed by atoms with Gasteiger partial charge in [0.15, 0.2) is 5.16 Å². The van der Waals surface area contributed by atoms with Gasteiger partial charge in [-0.2, -0.15) is 0 Å². The molecule has 1 amide bonds. The van der Waals surface area contributed by atoms with Crippen molar-refractivity contribution < 1.29 is 4.79 Å². The van der Waals surface area contributed by atoms with Crippen molar-refractivity contribution in [3.63, 3.8) is 0 Å². The molecule has 1 fully saturated rings. The molecule has 0 unspecified atom stereocenters. The van der Waals surface area contributed by atoms with Crippen LogP contribution in [0.15, 0.2) is 22.6 Å². The van der Waals surface area contributed by atoms with Crippen molar-refractivity contribution in [2.75, 3.05) is 6.54 Å². The van der Waals surface area contributed by atoms with Crippen molar-refractivity contribution in [1.29, 1.82) is 0 Å². The summed E-state index contributed by atoms with van der Waals surface area (Å²) in [4.78, 5) is 31.7. The Balaban J connectivity index is 2.08. The molecule has 0 aromatic carbocycles. The van der Waals surface area contributed by atoms with E-state index in [0.717, 1.165) is 41.1 Å². The maximum atomic E-state index is 12.9. The zero-order chi connectivity index (χ0) is 17.3. The standard InChI is InChI=1S/C17H21N3O2S2/c1-4-9-20-16(22)13-10(2)11(3)23-15(13)19-17(20)24-12-7-5-6-8-18-14(12)21/h4,12H,1,5-9H2,2-3H3,(H,18,21)/t12-/m1/s1. The molecule has 5 nitrogen and oxygen atoms in total. The SMILES string of the molecule is C=CCn1c(S[C@@H]2CCCCNC2=O)nc2sc(C)c(C)c2c1=O. The molecule has 1 N–H and O–H groups in total. The van der Waals surface area contributed by atoms with E-state index < -0.39 is 0 Å². The third-order valence-corrected chi connectivity index (χ3v) is 6.66. The fourth-order valence-electron chi connectivity index (χ4n) is 2.84. The van der Waals surface area contributed by atoms with Gasteiger partial charge in [-0.15, -0.1) is 17.9 Å². The van der Waals surface area contributed by atoms with Crippen LogP contribution in [0.5, 0.6) is 0 Å². The van der Waals surface area contributed by atoms with Crippen molar-refractivity contribution in [3.8, 4) is 0 Å². The molecular weight excluding hydrogens is 342 g/mol. The molecule has 0 aliphatic carbocycles. The van der Waals surface area contributed by atoms with Gasteiger partial charge in [0.25, 0.3) is 5.56 Å². The first-order valence-electron chi connectivity index (χ1n) is 8.08. The van der Waals surface area contributed by atoms with E-state index in [0.29, 0.717) is 17.1 Å². The third-order valence-electron chi connectivity index (χ3n) is 4.30. The summed E-state index contributed by atoms with van der Waals surface area (Å²) < 4.78 is 1.64. The highest BCUT2D eigenvalue weighted by Gasteiger charge is 2.25. The highest BCUT2D eigenvalue weighted by Crippen LogP contribution is 2.31. The Morgan fingerprint density at radius 2 is 2.21 bits per heavy atom. The summed E-state index contributed by atoms with van der Waals surface area (Å²) >= 11 is 2.93. The number of nitrogens with one attached hydrogen (secondary N) is 1. The second kappa shape index (κ2) is 7.11. The first-order valence-corrected chi connectivity index (χ1v) is 9.78. The smallest absolute Gasteiger partial charge is 0.263 e. The Labute approximate surface area is 149 Å². The number of allylic oxidation sites excluding steroid dienone is 1. The largest absolute Gasteiger partial charge is 0.355 e. The van der Waals surface area contributed by atoms with Crippen LogP contribution in [0.1, 0.15) is 29.7 Å². The molecule has 1 aliphatic heterocycles. The lowest BCUT2D eigenvalue weighted by Crippen LogP contribution is -2.32. The average Bonchev–Trinajstić information content (AvgIpc) is 2.70. The minimum absolute atomic E-state index is 0.0375. The monoisotopic (exact) mass is 363 g/mol. The highest BCUT2D eigenvalue weighted by molar-refractivity contribution is 8.00. The molecule has 2 aromatic heterocycles. The lowest BCUT2D eigenvalue weighted by Gasteiger charge is -2.15. The number of thioether (sulfide) groups is 1. The molecule has 24 heavy (non-hydrogen) atoms. The Kier molecular flexibility index (Phi) is 5.10. The second-order valence-electron chi connectivity index (χ2n) is 5.96. The summed E-state index contributed by atoms with van der Waals surface area (Å²) in [7, 11) is 0. The number of rotatable bonds is 4. The van der Waals surface area contributed by atoms with Crippen LogP contribution in [0.3, 0.4) is 0 Å². The quantitative estimate of drug-likeness (QED) is 0.670. The van der Waals surface area contributed by atoms with Crippen molar-refractivity contribution in [2.45, 2.75) is 50.1 Å². The molecule has 3 rings (SSSR count). The minimum atomic E-state index is -0.199. The molecule has 0 radical (unpaired) electrons. The maximum Gasteiger partial charge on any atom is 0.263 e. The predicted octanol–water partition coefficient (Wildman–Crippen LogP) is 3.02. The fraction of sp³-hybridized carbons (Fsp3) is 0.471. The molecule has 0 bridgehead atoms. The molecule has 1 saturated heterocycles.